The topological polar surface area (TPSA) is 63.2 Å². The predicted molar refractivity (Wildman–Crippen MR) is 61.3 cm³/mol. The first-order chi connectivity index (χ1) is 7.55. The number of carbonyl (C=O) groups is 1. The molecule has 0 saturated carbocycles. The lowest BCUT2D eigenvalue weighted by atomic mass is 10.4. The molecule has 86 valence electrons. The smallest absolute Gasteiger partial charge is 0.328 e. The van der Waals surface area contributed by atoms with Gasteiger partial charge in [0, 0.05) is 6.42 Å². The van der Waals surface area contributed by atoms with Crippen molar-refractivity contribution in [2.45, 2.75) is 32.0 Å². The standard InChI is InChI=1S/C11H15NO3Si/c1-16(2,8-4-3-6-12)15-11(13)10-5-7-14-9-10/h5,7,9H,3-4,8H2,1-2H3. The molecule has 1 rings (SSSR count). The van der Waals surface area contributed by atoms with Crippen molar-refractivity contribution >= 4 is 14.3 Å². The minimum atomic E-state index is -2.00. The van der Waals surface area contributed by atoms with Gasteiger partial charge in [-0.05, 0) is 31.6 Å². The third-order valence-corrected chi connectivity index (χ3v) is 4.49. The highest BCUT2D eigenvalue weighted by molar-refractivity contribution is 6.72. The zero-order valence-corrected chi connectivity index (χ0v) is 10.5. The van der Waals surface area contributed by atoms with Gasteiger partial charge in [0.2, 0.25) is 8.32 Å². The maximum Gasteiger partial charge on any atom is 0.328 e. The molecule has 5 heteroatoms. The molecule has 0 aliphatic heterocycles. The Morgan fingerprint density at radius 3 is 2.94 bits per heavy atom. The van der Waals surface area contributed by atoms with Crippen molar-refractivity contribution in [3.8, 4) is 6.07 Å². The van der Waals surface area contributed by atoms with Gasteiger partial charge in [0.15, 0.2) is 0 Å². The van der Waals surface area contributed by atoms with E-state index >= 15 is 0 Å². The third-order valence-electron chi connectivity index (χ3n) is 2.19. The molecule has 16 heavy (non-hydrogen) atoms. The van der Waals surface area contributed by atoms with E-state index in [1.165, 1.54) is 12.5 Å². The van der Waals surface area contributed by atoms with E-state index in [0.717, 1.165) is 12.5 Å². The molecule has 1 heterocycles. The zero-order valence-electron chi connectivity index (χ0n) is 9.53. The van der Waals surface area contributed by atoms with Crippen LogP contribution in [-0.4, -0.2) is 14.3 Å². The summed E-state index contributed by atoms with van der Waals surface area (Å²) in [5.74, 6) is -0.331. The molecule has 0 N–H and O–H groups in total. The van der Waals surface area contributed by atoms with E-state index in [2.05, 4.69) is 6.07 Å². The number of nitriles is 1. The minimum Gasteiger partial charge on any atom is -0.516 e. The van der Waals surface area contributed by atoms with Crippen LogP contribution in [0.2, 0.25) is 19.1 Å². The first kappa shape index (κ1) is 12.5. The maximum absolute atomic E-state index is 11.6. The molecule has 0 aromatic carbocycles. The van der Waals surface area contributed by atoms with Gasteiger partial charge in [-0.25, -0.2) is 4.79 Å². The van der Waals surface area contributed by atoms with E-state index in [4.69, 9.17) is 14.1 Å². The fourth-order valence-corrected chi connectivity index (χ4v) is 3.08. The van der Waals surface area contributed by atoms with Gasteiger partial charge in [-0.2, -0.15) is 5.26 Å². The number of furan rings is 1. The van der Waals surface area contributed by atoms with Gasteiger partial charge in [-0.15, -0.1) is 0 Å². The van der Waals surface area contributed by atoms with Crippen LogP contribution in [0.3, 0.4) is 0 Å². The van der Waals surface area contributed by atoms with E-state index in [1.54, 1.807) is 6.07 Å². The number of hydrogen-bond acceptors (Lipinski definition) is 4. The largest absolute Gasteiger partial charge is 0.516 e. The number of carbonyl (C=O) groups excluding carboxylic acids is 1. The quantitative estimate of drug-likeness (QED) is 0.583. The summed E-state index contributed by atoms with van der Waals surface area (Å²) in [5, 5.41) is 8.44. The molecule has 1 aromatic rings. The van der Waals surface area contributed by atoms with Crippen molar-refractivity contribution in [3.63, 3.8) is 0 Å². The van der Waals surface area contributed by atoms with Crippen molar-refractivity contribution in [2.24, 2.45) is 0 Å². The molecular formula is C11H15NO3Si. The molecule has 0 bridgehead atoms. The van der Waals surface area contributed by atoms with Crippen molar-refractivity contribution in [3.05, 3.63) is 24.2 Å². The second-order valence-electron chi connectivity index (χ2n) is 4.17. The maximum atomic E-state index is 11.6. The average Bonchev–Trinajstić information content (AvgIpc) is 2.69. The normalized spacial score (nSPS) is 10.8. The predicted octanol–water partition coefficient (Wildman–Crippen LogP) is 2.95. The van der Waals surface area contributed by atoms with Crippen LogP contribution in [0.4, 0.5) is 0 Å². The third kappa shape index (κ3) is 3.91. The molecule has 4 nitrogen and oxygen atoms in total. The zero-order chi connectivity index (χ0) is 12.0. The first-order valence-electron chi connectivity index (χ1n) is 5.18. The molecule has 1 aromatic heterocycles. The Balaban J connectivity index is 2.46. The summed E-state index contributed by atoms with van der Waals surface area (Å²) in [5.41, 5.74) is 0.445. The van der Waals surface area contributed by atoms with Crippen molar-refractivity contribution < 1.29 is 13.6 Å². The van der Waals surface area contributed by atoms with Gasteiger partial charge in [0.1, 0.15) is 6.26 Å². The Morgan fingerprint density at radius 2 is 2.38 bits per heavy atom. The fraction of sp³-hybridized carbons (Fsp3) is 0.455. The average molecular weight is 237 g/mol. The minimum absolute atomic E-state index is 0.331. The van der Waals surface area contributed by atoms with Crippen LogP contribution in [0.25, 0.3) is 0 Å². The van der Waals surface area contributed by atoms with Crippen LogP contribution in [0, 0.1) is 11.3 Å². The van der Waals surface area contributed by atoms with Crippen LogP contribution < -0.4 is 0 Å². The van der Waals surface area contributed by atoms with E-state index in [1.807, 2.05) is 13.1 Å². The second-order valence-corrected chi connectivity index (χ2v) is 8.40. The van der Waals surface area contributed by atoms with Gasteiger partial charge < -0.3 is 8.84 Å². The summed E-state index contributed by atoms with van der Waals surface area (Å²) in [7, 11) is -2.00. The number of hydrogen-bond donors (Lipinski definition) is 0. The van der Waals surface area contributed by atoms with Crippen LogP contribution in [0.15, 0.2) is 23.0 Å². The summed E-state index contributed by atoms with van der Waals surface area (Å²) in [6.45, 7) is 3.95. The van der Waals surface area contributed by atoms with E-state index in [0.29, 0.717) is 12.0 Å². The Bertz CT molecular complexity index is 378. The first-order valence-corrected chi connectivity index (χ1v) is 8.29. The molecule has 0 amide bonds. The second kappa shape index (κ2) is 5.52. The van der Waals surface area contributed by atoms with E-state index in [9.17, 15) is 4.79 Å². The van der Waals surface area contributed by atoms with Gasteiger partial charge in [0.05, 0.1) is 17.9 Å². The summed E-state index contributed by atoms with van der Waals surface area (Å²) in [6.07, 6.45) is 4.12. The molecule has 0 unspecified atom stereocenters. The summed E-state index contributed by atoms with van der Waals surface area (Å²) in [6, 6.07) is 4.48. The molecule has 0 radical (unpaired) electrons. The highest BCUT2D eigenvalue weighted by Gasteiger charge is 2.27. The molecule has 0 aliphatic carbocycles. The Morgan fingerprint density at radius 1 is 1.62 bits per heavy atom. The van der Waals surface area contributed by atoms with Crippen molar-refractivity contribution in [1.82, 2.24) is 0 Å². The lowest BCUT2D eigenvalue weighted by Gasteiger charge is -2.21. The fourth-order valence-electron chi connectivity index (χ4n) is 1.33. The van der Waals surface area contributed by atoms with E-state index < -0.39 is 8.32 Å². The Labute approximate surface area is 96.0 Å². The monoisotopic (exact) mass is 237 g/mol. The van der Waals surface area contributed by atoms with Gasteiger partial charge in [-0.3, -0.25) is 0 Å². The lowest BCUT2D eigenvalue weighted by Crippen LogP contribution is -2.33. The summed E-state index contributed by atoms with van der Waals surface area (Å²) < 4.78 is 10.3. The number of unbranched alkanes of at least 4 members (excludes halogenated alkanes) is 1. The SMILES string of the molecule is C[Si](C)(CCCC#N)OC(=O)c1ccoc1. The molecule has 0 fully saturated rings. The van der Waals surface area contributed by atoms with Crippen LogP contribution in [0.5, 0.6) is 0 Å². The molecule has 0 saturated heterocycles. The highest BCUT2D eigenvalue weighted by atomic mass is 28.4. The van der Waals surface area contributed by atoms with E-state index in [-0.39, 0.29) is 5.97 Å². The number of nitrogens with zero attached hydrogens (tertiary/aromatic N) is 1. The molecule has 0 spiro atoms. The summed E-state index contributed by atoms with van der Waals surface area (Å²) >= 11 is 0. The Hall–Kier alpha value is -1.54. The van der Waals surface area contributed by atoms with Gasteiger partial charge >= 0.3 is 5.97 Å². The molecule has 0 aliphatic rings. The highest BCUT2D eigenvalue weighted by Crippen LogP contribution is 2.17. The number of rotatable bonds is 5. The van der Waals surface area contributed by atoms with Crippen LogP contribution in [0.1, 0.15) is 23.2 Å². The lowest BCUT2D eigenvalue weighted by molar-refractivity contribution is 0.0721. The summed E-state index contributed by atoms with van der Waals surface area (Å²) in [4.78, 5) is 11.6. The van der Waals surface area contributed by atoms with Crippen molar-refractivity contribution in [1.29, 1.82) is 5.26 Å². The van der Waals surface area contributed by atoms with Crippen molar-refractivity contribution in [2.75, 3.05) is 0 Å². The molecular weight excluding hydrogens is 222 g/mol. The van der Waals surface area contributed by atoms with Gasteiger partial charge in [-0.1, -0.05) is 0 Å². The molecule has 0 atom stereocenters. The van der Waals surface area contributed by atoms with Crippen LogP contribution in [-0.2, 0) is 4.43 Å². The Kier molecular flexibility index (Phi) is 4.32. The van der Waals surface area contributed by atoms with Gasteiger partial charge in [0.25, 0.3) is 0 Å². The van der Waals surface area contributed by atoms with Crippen LogP contribution >= 0.6 is 0 Å².